The van der Waals surface area contributed by atoms with Crippen LogP contribution in [0.3, 0.4) is 0 Å². The molecule has 3 heterocycles. The van der Waals surface area contributed by atoms with Crippen molar-refractivity contribution in [3.63, 3.8) is 0 Å². The molecule has 1 fully saturated rings. The Morgan fingerprint density at radius 1 is 1.33 bits per heavy atom. The molecule has 36 heavy (non-hydrogen) atoms. The third-order valence-corrected chi connectivity index (χ3v) is 6.93. The molecule has 190 valence electrons. The second-order valence-corrected chi connectivity index (χ2v) is 9.63. The summed E-state index contributed by atoms with van der Waals surface area (Å²) in [5.41, 5.74) is -0.847. The molecule has 0 aromatic carbocycles. The van der Waals surface area contributed by atoms with E-state index in [1.54, 1.807) is 31.0 Å². The summed E-state index contributed by atoms with van der Waals surface area (Å²) in [6.07, 6.45) is 6.23. The zero-order valence-electron chi connectivity index (χ0n) is 19.9. The predicted octanol–water partition coefficient (Wildman–Crippen LogP) is 4.94. The molecule has 2 unspecified atom stereocenters. The van der Waals surface area contributed by atoms with E-state index in [9.17, 15) is 18.0 Å². The molecule has 7 nitrogen and oxygen atoms in total. The largest absolute Gasteiger partial charge is 0.492 e. The number of hydrogen-bond acceptors (Lipinski definition) is 5. The van der Waals surface area contributed by atoms with Crippen LogP contribution in [0.4, 0.5) is 13.2 Å². The number of nitrogens with one attached hydrogen (secondary N) is 1. The van der Waals surface area contributed by atoms with Gasteiger partial charge in [0.1, 0.15) is 11.3 Å². The molecule has 0 radical (unpaired) electrons. The molecule has 1 aromatic heterocycles. The first-order valence-electron chi connectivity index (χ1n) is 11.6. The number of nitrogens with zero attached hydrogens (tertiary/aromatic N) is 4. The van der Waals surface area contributed by atoms with E-state index < -0.39 is 29.1 Å². The minimum absolute atomic E-state index is 0.0520. The second-order valence-electron chi connectivity index (χ2n) is 9.26. The Balaban J connectivity index is 1.37. The van der Waals surface area contributed by atoms with Gasteiger partial charge in [0.05, 0.1) is 36.4 Å². The van der Waals surface area contributed by atoms with Gasteiger partial charge in [-0.2, -0.15) is 18.4 Å². The fraction of sp³-hybridized carbons (Fsp3) is 0.440. The van der Waals surface area contributed by atoms with Crippen molar-refractivity contribution >= 4 is 29.5 Å². The topological polar surface area (TPSA) is 84.7 Å². The van der Waals surface area contributed by atoms with E-state index in [1.165, 1.54) is 6.08 Å². The van der Waals surface area contributed by atoms with Gasteiger partial charge in [0.2, 0.25) is 0 Å². The number of H-pyrrole nitrogens is 1. The SMILES string of the molecule is CC1(C)C(=O)N(C2=CCC(C#N)C(C(F)(F)F)=C2)C(=S)N1CCCOC1=CCC(c2cc[nH]c2)N=C1. The van der Waals surface area contributed by atoms with Gasteiger partial charge in [-0.3, -0.25) is 14.7 Å². The fourth-order valence-corrected chi connectivity index (χ4v) is 4.97. The summed E-state index contributed by atoms with van der Waals surface area (Å²) >= 11 is 5.52. The molecule has 0 bridgehead atoms. The van der Waals surface area contributed by atoms with Crippen molar-refractivity contribution < 1.29 is 22.7 Å². The van der Waals surface area contributed by atoms with Gasteiger partial charge in [0.15, 0.2) is 5.11 Å². The normalized spacial score (nSPS) is 23.8. The Morgan fingerprint density at radius 3 is 2.72 bits per heavy atom. The summed E-state index contributed by atoms with van der Waals surface area (Å²) in [7, 11) is 0. The summed E-state index contributed by atoms with van der Waals surface area (Å²) in [6, 6.07) is 3.73. The number of aliphatic imine (C=N–C) groups is 1. The van der Waals surface area contributed by atoms with Crippen LogP contribution in [-0.2, 0) is 9.53 Å². The summed E-state index contributed by atoms with van der Waals surface area (Å²) in [5.74, 6) is -1.05. The highest BCUT2D eigenvalue weighted by atomic mass is 32.1. The highest BCUT2D eigenvalue weighted by molar-refractivity contribution is 7.80. The van der Waals surface area contributed by atoms with Gasteiger partial charge < -0.3 is 14.6 Å². The smallest absolute Gasteiger partial charge is 0.414 e. The predicted molar refractivity (Wildman–Crippen MR) is 131 cm³/mol. The molecular formula is C25H26F3N5O2S. The molecular weight excluding hydrogens is 491 g/mol. The first kappa shape index (κ1) is 25.7. The first-order chi connectivity index (χ1) is 17.0. The number of hydrogen-bond donors (Lipinski definition) is 1. The molecule has 11 heteroatoms. The van der Waals surface area contributed by atoms with Crippen molar-refractivity contribution in [1.82, 2.24) is 14.8 Å². The Bertz CT molecular complexity index is 1190. The van der Waals surface area contributed by atoms with Crippen LogP contribution < -0.4 is 0 Å². The fourth-order valence-electron chi connectivity index (χ4n) is 4.46. The number of aromatic nitrogens is 1. The van der Waals surface area contributed by atoms with E-state index in [0.717, 1.165) is 23.0 Å². The Kier molecular flexibility index (Phi) is 7.09. The number of alkyl halides is 3. The maximum Gasteiger partial charge on any atom is 0.414 e. The molecule has 1 saturated heterocycles. The number of ether oxygens (including phenoxy) is 1. The molecule has 1 amide bonds. The van der Waals surface area contributed by atoms with Crippen molar-refractivity contribution in [2.75, 3.05) is 13.2 Å². The molecule has 0 spiro atoms. The van der Waals surface area contributed by atoms with Gasteiger partial charge >= 0.3 is 6.18 Å². The van der Waals surface area contributed by atoms with Gasteiger partial charge in [0, 0.05) is 24.6 Å². The van der Waals surface area contributed by atoms with Gasteiger partial charge in [-0.15, -0.1) is 0 Å². The van der Waals surface area contributed by atoms with E-state index in [1.807, 2.05) is 24.5 Å². The molecule has 0 saturated carbocycles. The van der Waals surface area contributed by atoms with E-state index in [-0.39, 0.29) is 23.3 Å². The lowest BCUT2D eigenvalue weighted by molar-refractivity contribution is -0.130. The van der Waals surface area contributed by atoms with Crippen LogP contribution in [0.25, 0.3) is 0 Å². The number of aromatic amines is 1. The summed E-state index contributed by atoms with van der Waals surface area (Å²) in [5, 5.41) is 9.25. The molecule has 1 aliphatic carbocycles. The van der Waals surface area contributed by atoms with Crippen molar-refractivity contribution in [2.24, 2.45) is 10.9 Å². The van der Waals surface area contributed by atoms with Crippen LogP contribution in [-0.4, -0.2) is 56.9 Å². The zero-order chi connectivity index (χ0) is 26.1. The van der Waals surface area contributed by atoms with Crippen molar-refractivity contribution in [3.8, 4) is 6.07 Å². The number of rotatable bonds is 7. The minimum Gasteiger partial charge on any atom is -0.492 e. The molecule has 2 aliphatic heterocycles. The maximum absolute atomic E-state index is 13.5. The van der Waals surface area contributed by atoms with Crippen molar-refractivity contribution in [2.45, 2.75) is 50.9 Å². The number of nitriles is 1. The third kappa shape index (κ3) is 4.95. The molecule has 3 aliphatic rings. The van der Waals surface area contributed by atoms with Crippen molar-refractivity contribution in [3.05, 3.63) is 59.3 Å². The lowest BCUT2D eigenvalue weighted by Gasteiger charge is -2.29. The van der Waals surface area contributed by atoms with E-state index in [0.29, 0.717) is 25.3 Å². The van der Waals surface area contributed by atoms with Crippen LogP contribution in [0, 0.1) is 17.2 Å². The Labute approximate surface area is 212 Å². The van der Waals surface area contributed by atoms with E-state index in [2.05, 4.69) is 9.98 Å². The zero-order valence-corrected chi connectivity index (χ0v) is 20.7. The number of dihydropyridines is 1. The number of allylic oxidation sites excluding steroid dienone is 4. The number of amides is 1. The number of carbonyl (C=O) groups excluding carboxylic acids is 1. The third-order valence-electron chi connectivity index (χ3n) is 6.53. The monoisotopic (exact) mass is 517 g/mol. The molecule has 1 aromatic rings. The van der Waals surface area contributed by atoms with Crippen LogP contribution in [0.2, 0.25) is 0 Å². The minimum atomic E-state index is -4.67. The standard InChI is InChI=1S/C25H26F3N5O2S/c1-24(2)22(34)33(18-5-4-16(13-29)20(12-18)25(26,27)28)23(36)32(24)10-3-11-35-19-6-7-21(31-15-19)17-8-9-30-14-17/h5-6,8-9,12,14-16,21,30H,3-4,7,10-11H2,1-2H3. The van der Waals surface area contributed by atoms with Gasteiger partial charge in [-0.05, 0) is 69.1 Å². The number of thiocarbonyl (C=S) groups is 1. The van der Waals surface area contributed by atoms with E-state index in [4.69, 9.17) is 22.2 Å². The summed E-state index contributed by atoms with van der Waals surface area (Å²) in [6.45, 7) is 4.13. The quantitative estimate of drug-likeness (QED) is 0.409. The highest BCUT2D eigenvalue weighted by Gasteiger charge is 2.50. The number of carbonyl (C=O) groups is 1. The first-order valence-corrected chi connectivity index (χ1v) is 12.0. The Morgan fingerprint density at radius 2 is 2.11 bits per heavy atom. The molecule has 1 N–H and O–H groups in total. The maximum atomic E-state index is 13.5. The van der Waals surface area contributed by atoms with Crippen LogP contribution in [0.1, 0.15) is 44.7 Å². The number of halogens is 3. The van der Waals surface area contributed by atoms with Crippen LogP contribution >= 0.6 is 12.2 Å². The average molecular weight is 518 g/mol. The van der Waals surface area contributed by atoms with E-state index >= 15 is 0 Å². The highest BCUT2D eigenvalue weighted by Crippen LogP contribution is 2.40. The van der Waals surface area contributed by atoms with Gasteiger partial charge in [-0.1, -0.05) is 6.08 Å². The summed E-state index contributed by atoms with van der Waals surface area (Å²) in [4.78, 5) is 23.6. The lowest BCUT2D eigenvalue weighted by Crippen LogP contribution is -2.44. The molecule has 4 rings (SSSR count). The second kappa shape index (κ2) is 9.93. The lowest BCUT2D eigenvalue weighted by atomic mass is 9.90. The van der Waals surface area contributed by atoms with Gasteiger partial charge in [-0.25, -0.2) is 0 Å². The van der Waals surface area contributed by atoms with Gasteiger partial charge in [0.25, 0.3) is 5.91 Å². The van der Waals surface area contributed by atoms with Crippen LogP contribution in [0.15, 0.2) is 58.7 Å². The van der Waals surface area contributed by atoms with Crippen molar-refractivity contribution in [1.29, 1.82) is 5.26 Å². The molecule has 2 atom stereocenters. The summed E-state index contributed by atoms with van der Waals surface area (Å²) < 4.78 is 46.3. The van der Waals surface area contributed by atoms with Crippen LogP contribution in [0.5, 0.6) is 0 Å². The Hall–Kier alpha value is -3.39. The average Bonchev–Trinajstić information content (AvgIpc) is 3.43.